The third kappa shape index (κ3) is 2.26. The molecule has 0 radical (unpaired) electrons. The summed E-state index contributed by atoms with van der Waals surface area (Å²) in [5.74, 6) is 0.651. The maximum Gasteiger partial charge on any atom is 0.281 e. The number of rotatable bonds is 2. The van der Waals surface area contributed by atoms with Crippen molar-refractivity contribution in [1.82, 2.24) is 9.55 Å². The Balaban J connectivity index is 2.11. The molecule has 0 amide bonds. The molecule has 0 aliphatic rings. The lowest BCUT2D eigenvalue weighted by molar-refractivity contribution is 0.883. The number of hydrogen-bond donors (Lipinski definition) is 0. The first kappa shape index (κ1) is 12.4. The first-order valence-corrected chi connectivity index (χ1v) is 6.44. The summed E-state index contributed by atoms with van der Waals surface area (Å²) < 4.78 is 1.93. The zero-order valence-corrected chi connectivity index (χ0v) is 11.2. The highest BCUT2D eigenvalue weighted by Gasteiger charge is 2.04. The Labute approximate surface area is 116 Å². The van der Waals surface area contributed by atoms with E-state index in [-0.39, 0.29) is 5.56 Å². The van der Waals surface area contributed by atoms with Crippen molar-refractivity contribution in [1.29, 1.82) is 0 Å². The Morgan fingerprint density at radius 3 is 2.45 bits per heavy atom. The Morgan fingerprint density at radius 1 is 0.950 bits per heavy atom. The molecule has 98 valence electrons. The number of aromatic nitrogens is 2. The fourth-order valence-corrected chi connectivity index (χ4v) is 2.19. The van der Waals surface area contributed by atoms with Crippen LogP contribution in [-0.2, 0) is 7.05 Å². The summed E-state index contributed by atoms with van der Waals surface area (Å²) in [6.07, 6.45) is 3.82. The van der Waals surface area contributed by atoms with Crippen LogP contribution in [0, 0.1) is 0 Å². The molecule has 1 aromatic heterocycles. The first-order valence-electron chi connectivity index (χ1n) is 6.44. The molecule has 0 aliphatic heterocycles. The molecule has 20 heavy (non-hydrogen) atoms. The topological polar surface area (TPSA) is 34.9 Å². The molecular weight excluding hydrogens is 248 g/mol. The number of aryl methyl sites for hydroxylation is 1. The first-order chi connectivity index (χ1) is 9.75. The van der Waals surface area contributed by atoms with Crippen molar-refractivity contribution < 1.29 is 0 Å². The highest BCUT2D eigenvalue weighted by atomic mass is 16.1. The van der Waals surface area contributed by atoms with Crippen molar-refractivity contribution in [3.63, 3.8) is 0 Å². The normalized spacial score (nSPS) is 11.2. The van der Waals surface area contributed by atoms with Gasteiger partial charge in [-0.1, -0.05) is 48.5 Å². The average Bonchev–Trinajstić information content (AvgIpc) is 2.50. The molecule has 3 heteroatoms. The van der Waals surface area contributed by atoms with E-state index in [2.05, 4.69) is 4.98 Å². The van der Waals surface area contributed by atoms with Crippen LogP contribution in [0.15, 0.2) is 59.4 Å². The van der Waals surface area contributed by atoms with Crippen LogP contribution in [0.25, 0.3) is 23.1 Å². The van der Waals surface area contributed by atoms with Gasteiger partial charge < -0.3 is 4.57 Å². The Hall–Kier alpha value is -2.68. The second-order valence-electron chi connectivity index (χ2n) is 4.60. The van der Waals surface area contributed by atoms with Gasteiger partial charge in [-0.15, -0.1) is 0 Å². The maximum absolute atomic E-state index is 12.0. The average molecular weight is 262 g/mol. The molecule has 0 N–H and O–H groups in total. The molecule has 0 aliphatic carbocycles. The summed E-state index contributed by atoms with van der Waals surface area (Å²) in [5, 5.41) is 0.645. The number of hydrogen-bond acceptors (Lipinski definition) is 2. The summed E-state index contributed by atoms with van der Waals surface area (Å²) in [7, 11) is 1.92. The van der Waals surface area contributed by atoms with Gasteiger partial charge in [0.25, 0.3) is 5.56 Å². The zero-order chi connectivity index (χ0) is 13.9. The minimum Gasteiger partial charge on any atom is -0.329 e. The van der Waals surface area contributed by atoms with Gasteiger partial charge in [-0.2, -0.15) is 4.98 Å². The Kier molecular flexibility index (Phi) is 3.17. The largest absolute Gasteiger partial charge is 0.329 e. The van der Waals surface area contributed by atoms with E-state index in [0.29, 0.717) is 11.2 Å². The molecule has 0 bridgehead atoms. The van der Waals surface area contributed by atoms with Gasteiger partial charge in [0.1, 0.15) is 5.82 Å². The van der Waals surface area contributed by atoms with E-state index in [1.807, 2.05) is 72.3 Å². The van der Waals surface area contributed by atoms with Crippen molar-refractivity contribution in [2.45, 2.75) is 0 Å². The highest BCUT2D eigenvalue weighted by molar-refractivity contribution is 5.79. The van der Waals surface area contributed by atoms with Gasteiger partial charge in [0.05, 0.1) is 10.9 Å². The number of nitrogens with zero attached hydrogens (tertiary/aromatic N) is 2. The summed E-state index contributed by atoms with van der Waals surface area (Å²) in [4.78, 5) is 16.1. The van der Waals surface area contributed by atoms with Gasteiger partial charge in [-0.25, -0.2) is 0 Å². The molecule has 3 nitrogen and oxygen atoms in total. The molecule has 0 atom stereocenters. The van der Waals surface area contributed by atoms with Gasteiger partial charge in [0.15, 0.2) is 0 Å². The fraction of sp³-hybridized carbons (Fsp3) is 0.0588. The predicted molar refractivity (Wildman–Crippen MR) is 82.4 cm³/mol. The van der Waals surface area contributed by atoms with E-state index in [1.54, 1.807) is 6.07 Å². The van der Waals surface area contributed by atoms with Gasteiger partial charge >= 0.3 is 0 Å². The summed E-state index contributed by atoms with van der Waals surface area (Å²) in [6.45, 7) is 0. The van der Waals surface area contributed by atoms with Crippen LogP contribution in [0.1, 0.15) is 11.4 Å². The predicted octanol–water partition coefficient (Wildman–Crippen LogP) is 3.10. The molecule has 1 heterocycles. The van der Waals surface area contributed by atoms with Crippen LogP contribution >= 0.6 is 0 Å². The van der Waals surface area contributed by atoms with Crippen molar-refractivity contribution in [3.05, 3.63) is 76.3 Å². The zero-order valence-electron chi connectivity index (χ0n) is 11.2. The van der Waals surface area contributed by atoms with E-state index in [9.17, 15) is 4.79 Å². The molecule has 0 saturated carbocycles. The molecular formula is C17H14N2O. The van der Waals surface area contributed by atoms with Gasteiger partial charge in [-0.05, 0) is 23.8 Å². The van der Waals surface area contributed by atoms with Crippen LogP contribution in [0.5, 0.6) is 0 Å². The van der Waals surface area contributed by atoms with E-state index in [1.165, 1.54) is 0 Å². The third-order valence-corrected chi connectivity index (χ3v) is 3.28. The second-order valence-corrected chi connectivity index (χ2v) is 4.60. The van der Waals surface area contributed by atoms with E-state index in [0.717, 1.165) is 11.1 Å². The van der Waals surface area contributed by atoms with E-state index < -0.39 is 0 Å². The molecule has 0 saturated heterocycles. The van der Waals surface area contributed by atoms with Crippen molar-refractivity contribution >= 4 is 23.1 Å². The summed E-state index contributed by atoms with van der Waals surface area (Å²) in [5.41, 5.74) is 1.78. The standard InChI is InChI=1S/C17H14N2O/c1-19-15-10-6-5-9-14(15)17(20)18-16(19)12-11-13-7-3-2-4-8-13/h2-12H,1H3. The molecule has 2 aromatic carbocycles. The molecule has 3 aromatic rings. The number of fused-ring (bicyclic) bond motifs is 1. The minimum atomic E-state index is -0.189. The van der Waals surface area contributed by atoms with Gasteiger partial charge in [0, 0.05) is 7.05 Å². The number of benzene rings is 2. The molecule has 0 spiro atoms. The van der Waals surface area contributed by atoms with E-state index >= 15 is 0 Å². The molecule has 0 unspecified atom stereocenters. The van der Waals surface area contributed by atoms with Crippen LogP contribution in [0.2, 0.25) is 0 Å². The van der Waals surface area contributed by atoms with Gasteiger partial charge in [-0.3, -0.25) is 4.79 Å². The summed E-state index contributed by atoms with van der Waals surface area (Å²) >= 11 is 0. The molecule has 3 rings (SSSR count). The third-order valence-electron chi connectivity index (χ3n) is 3.28. The van der Waals surface area contributed by atoms with Crippen molar-refractivity contribution in [2.24, 2.45) is 7.05 Å². The van der Waals surface area contributed by atoms with E-state index in [4.69, 9.17) is 0 Å². The summed E-state index contributed by atoms with van der Waals surface area (Å²) in [6, 6.07) is 17.5. The SMILES string of the molecule is Cn1c(C=Cc2ccccc2)nc(=O)c2ccccc21. The fourth-order valence-electron chi connectivity index (χ4n) is 2.19. The van der Waals surface area contributed by atoms with Gasteiger partial charge in [0.2, 0.25) is 0 Å². The lowest BCUT2D eigenvalue weighted by Crippen LogP contribution is -2.14. The van der Waals surface area contributed by atoms with Crippen LogP contribution in [0.4, 0.5) is 0 Å². The number of para-hydroxylation sites is 1. The second kappa shape index (κ2) is 5.13. The van der Waals surface area contributed by atoms with Crippen LogP contribution < -0.4 is 5.56 Å². The lowest BCUT2D eigenvalue weighted by atomic mass is 10.2. The van der Waals surface area contributed by atoms with Crippen LogP contribution in [-0.4, -0.2) is 9.55 Å². The Morgan fingerprint density at radius 2 is 1.65 bits per heavy atom. The Bertz CT molecular complexity index is 832. The smallest absolute Gasteiger partial charge is 0.281 e. The highest BCUT2D eigenvalue weighted by Crippen LogP contribution is 2.11. The van der Waals surface area contributed by atoms with Crippen molar-refractivity contribution in [3.8, 4) is 0 Å². The molecule has 0 fully saturated rings. The lowest BCUT2D eigenvalue weighted by Gasteiger charge is -2.07. The van der Waals surface area contributed by atoms with Crippen molar-refractivity contribution in [2.75, 3.05) is 0 Å². The van der Waals surface area contributed by atoms with Crippen LogP contribution in [0.3, 0.4) is 0 Å². The minimum absolute atomic E-state index is 0.189. The maximum atomic E-state index is 12.0. The quantitative estimate of drug-likeness (QED) is 0.711. The monoisotopic (exact) mass is 262 g/mol.